The number of aliphatic carboxylic acids is 1. The highest BCUT2D eigenvalue weighted by atomic mass is 16.5. The van der Waals surface area contributed by atoms with Crippen molar-refractivity contribution in [3.8, 4) is 0 Å². The maximum absolute atomic E-state index is 12.3. The Kier molecular flexibility index (Phi) is 5.20. The van der Waals surface area contributed by atoms with E-state index >= 15 is 0 Å². The quantitative estimate of drug-likeness (QED) is 0.752. The molecular formula is C15H23NO5. The molecule has 0 aromatic heterocycles. The van der Waals surface area contributed by atoms with Crippen molar-refractivity contribution in [2.45, 2.75) is 64.0 Å². The molecule has 0 saturated carbocycles. The van der Waals surface area contributed by atoms with Crippen molar-refractivity contribution in [1.29, 1.82) is 0 Å². The van der Waals surface area contributed by atoms with Gasteiger partial charge in [-0.3, -0.25) is 14.4 Å². The Morgan fingerprint density at radius 1 is 1.14 bits per heavy atom. The number of piperidine rings is 1. The molecule has 118 valence electrons. The second-order valence-electron chi connectivity index (χ2n) is 5.93. The van der Waals surface area contributed by atoms with Crippen LogP contribution in [0.3, 0.4) is 0 Å². The summed E-state index contributed by atoms with van der Waals surface area (Å²) >= 11 is 0. The summed E-state index contributed by atoms with van der Waals surface area (Å²) in [5, 5.41) is 8.90. The van der Waals surface area contributed by atoms with Gasteiger partial charge in [-0.15, -0.1) is 0 Å². The molecule has 2 heterocycles. The number of carbonyl (C=O) groups is 3. The molecule has 0 radical (unpaired) electrons. The summed E-state index contributed by atoms with van der Waals surface area (Å²) in [7, 11) is 0. The van der Waals surface area contributed by atoms with Gasteiger partial charge in [0.2, 0.25) is 5.91 Å². The molecule has 2 bridgehead atoms. The van der Waals surface area contributed by atoms with Crippen LogP contribution in [0.2, 0.25) is 0 Å². The van der Waals surface area contributed by atoms with Crippen LogP contribution in [0.1, 0.15) is 51.9 Å². The van der Waals surface area contributed by atoms with E-state index < -0.39 is 5.97 Å². The summed E-state index contributed by atoms with van der Waals surface area (Å²) in [6, 6.07) is 0.311. The zero-order chi connectivity index (χ0) is 15.4. The summed E-state index contributed by atoms with van der Waals surface area (Å²) in [6.07, 6.45) is 3.95. The van der Waals surface area contributed by atoms with Gasteiger partial charge in [-0.1, -0.05) is 0 Å². The van der Waals surface area contributed by atoms with Gasteiger partial charge in [0, 0.05) is 24.9 Å². The van der Waals surface area contributed by atoms with Crippen LogP contribution in [-0.2, 0) is 19.1 Å². The Morgan fingerprint density at radius 2 is 1.76 bits per heavy atom. The van der Waals surface area contributed by atoms with E-state index in [1.807, 2.05) is 4.90 Å². The minimum atomic E-state index is -0.763. The Balaban J connectivity index is 1.86. The fourth-order valence-corrected chi connectivity index (χ4v) is 3.68. The van der Waals surface area contributed by atoms with Crippen molar-refractivity contribution in [3.63, 3.8) is 0 Å². The first-order valence-electron chi connectivity index (χ1n) is 7.69. The molecular weight excluding hydrogens is 274 g/mol. The van der Waals surface area contributed by atoms with Crippen LogP contribution in [0.15, 0.2) is 0 Å². The van der Waals surface area contributed by atoms with Crippen molar-refractivity contribution in [2.75, 3.05) is 6.61 Å². The third-order valence-electron chi connectivity index (χ3n) is 4.43. The molecule has 2 rings (SSSR count). The number of carboxylic acid groups (broad SMARTS) is 1. The van der Waals surface area contributed by atoms with Gasteiger partial charge >= 0.3 is 11.9 Å². The average molecular weight is 297 g/mol. The zero-order valence-corrected chi connectivity index (χ0v) is 12.4. The van der Waals surface area contributed by atoms with Gasteiger partial charge in [-0.2, -0.15) is 0 Å². The molecule has 6 heteroatoms. The summed E-state index contributed by atoms with van der Waals surface area (Å²) < 4.78 is 4.83. The van der Waals surface area contributed by atoms with E-state index in [9.17, 15) is 14.4 Å². The molecule has 2 aliphatic rings. The first kappa shape index (κ1) is 15.8. The predicted molar refractivity (Wildman–Crippen MR) is 74.5 cm³/mol. The topological polar surface area (TPSA) is 83.9 Å². The van der Waals surface area contributed by atoms with Gasteiger partial charge in [0.25, 0.3) is 0 Å². The van der Waals surface area contributed by atoms with Crippen LogP contribution in [0.4, 0.5) is 0 Å². The van der Waals surface area contributed by atoms with E-state index in [1.165, 1.54) is 0 Å². The molecule has 2 fully saturated rings. The number of amides is 1. The number of carboxylic acids is 1. The van der Waals surface area contributed by atoms with Gasteiger partial charge in [-0.05, 0) is 38.5 Å². The van der Waals surface area contributed by atoms with E-state index in [2.05, 4.69) is 0 Å². The summed E-state index contributed by atoms with van der Waals surface area (Å²) in [4.78, 5) is 36.3. The van der Waals surface area contributed by atoms with Gasteiger partial charge in [-0.25, -0.2) is 0 Å². The molecule has 21 heavy (non-hydrogen) atoms. The third kappa shape index (κ3) is 3.95. The van der Waals surface area contributed by atoms with Crippen LogP contribution < -0.4 is 0 Å². The lowest BCUT2D eigenvalue weighted by Crippen LogP contribution is -2.46. The minimum Gasteiger partial charge on any atom is -0.481 e. The van der Waals surface area contributed by atoms with E-state index in [1.54, 1.807) is 6.92 Å². The molecule has 2 unspecified atom stereocenters. The standard InChI is InChI=1S/C15H23NO5/c1-2-21-15(20)6-5-13(17)16-11-3-4-12(16)8-10(7-11)9-14(18)19/h10-12H,2-9H2,1H3,(H,18,19). The van der Waals surface area contributed by atoms with Crippen LogP contribution in [0.5, 0.6) is 0 Å². The number of esters is 1. The second kappa shape index (κ2) is 6.91. The molecule has 2 saturated heterocycles. The summed E-state index contributed by atoms with van der Waals surface area (Å²) in [6.45, 7) is 2.08. The second-order valence-corrected chi connectivity index (χ2v) is 5.93. The maximum atomic E-state index is 12.3. The molecule has 0 spiro atoms. The highest BCUT2D eigenvalue weighted by Crippen LogP contribution is 2.40. The number of nitrogens with zero attached hydrogens (tertiary/aromatic N) is 1. The number of ether oxygens (including phenoxy) is 1. The summed E-state index contributed by atoms with van der Waals surface area (Å²) in [5.41, 5.74) is 0. The lowest BCUT2D eigenvalue weighted by Gasteiger charge is -2.38. The van der Waals surface area contributed by atoms with Crippen LogP contribution in [-0.4, -0.2) is 46.5 Å². The average Bonchev–Trinajstić information content (AvgIpc) is 2.67. The number of rotatable bonds is 6. The Bertz CT molecular complexity index is 408. The molecule has 1 amide bonds. The van der Waals surface area contributed by atoms with E-state index in [-0.39, 0.29) is 49.1 Å². The van der Waals surface area contributed by atoms with E-state index in [4.69, 9.17) is 9.84 Å². The monoisotopic (exact) mass is 297 g/mol. The highest BCUT2D eigenvalue weighted by Gasteiger charge is 2.43. The molecule has 2 aliphatic heterocycles. The van der Waals surface area contributed by atoms with Gasteiger partial charge in [0.15, 0.2) is 0 Å². The number of hydrogen-bond donors (Lipinski definition) is 1. The first-order valence-corrected chi connectivity index (χ1v) is 7.69. The molecule has 0 aromatic rings. The Morgan fingerprint density at radius 3 is 2.29 bits per heavy atom. The minimum absolute atomic E-state index is 0.00401. The van der Waals surface area contributed by atoms with Crippen LogP contribution >= 0.6 is 0 Å². The molecule has 0 aliphatic carbocycles. The lowest BCUT2D eigenvalue weighted by molar-refractivity contribution is -0.147. The molecule has 1 N–H and O–H groups in total. The number of fused-ring (bicyclic) bond motifs is 2. The van der Waals surface area contributed by atoms with Gasteiger partial charge < -0.3 is 14.7 Å². The van der Waals surface area contributed by atoms with E-state index in [0.717, 1.165) is 25.7 Å². The third-order valence-corrected chi connectivity index (χ3v) is 4.43. The van der Waals surface area contributed by atoms with Crippen molar-refractivity contribution in [3.05, 3.63) is 0 Å². The molecule has 6 nitrogen and oxygen atoms in total. The number of carbonyl (C=O) groups excluding carboxylic acids is 2. The van der Waals surface area contributed by atoms with Gasteiger partial charge in [0.05, 0.1) is 13.0 Å². The highest BCUT2D eigenvalue weighted by molar-refractivity contribution is 5.82. The van der Waals surface area contributed by atoms with Crippen molar-refractivity contribution in [2.24, 2.45) is 5.92 Å². The van der Waals surface area contributed by atoms with Crippen molar-refractivity contribution >= 4 is 17.8 Å². The molecule has 2 atom stereocenters. The van der Waals surface area contributed by atoms with Crippen molar-refractivity contribution < 1.29 is 24.2 Å². The fraction of sp³-hybridized carbons (Fsp3) is 0.800. The van der Waals surface area contributed by atoms with Crippen molar-refractivity contribution in [1.82, 2.24) is 4.90 Å². The largest absolute Gasteiger partial charge is 0.481 e. The Labute approximate surface area is 124 Å². The number of hydrogen-bond acceptors (Lipinski definition) is 4. The van der Waals surface area contributed by atoms with E-state index in [0.29, 0.717) is 6.61 Å². The van der Waals surface area contributed by atoms with Crippen LogP contribution in [0.25, 0.3) is 0 Å². The smallest absolute Gasteiger partial charge is 0.306 e. The summed E-state index contributed by atoms with van der Waals surface area (Å²) in [5.74, 6) is -0.918. The maximum Gasteiger partial charge on any atom is 0.306 e. The Hall–Kier alpha value is -1.59. The zero-order valence-electron chi connectivity index (χ0n) is 12.4. The first-order chi connectivity index (χ1) is 10.0. The molecule has 0 aromatic carbocycles. The predicted octanol–water partition coefficient (Wildman–Crippen LogP) is 1.57. The lowest BCUT2D eigenvalue weighted by atomic mass is 9.88. The fourth-order valence-electron chi connectivity index (χ4n) is 3.68. The normalized spacial score (nSPS) is 27.5. The van der Waals surface area contributed by atoms with Crippen LogP contribution in [0, 0.1) is 5.92 Å². The van der Waals surface area contributed by atoms with Gasteiger partial charge in [0.1, 0.15) is 0 Å². The SMILES string of the molecule is CCOC(=O)CCC(=O)N1C2CCC1CC(CC(=O)O)C2.